The molecule has 0 aliphatic carbocycles. The van der Waals surface area contributed by atoms with E-state index in [0.29, 0.717) is 30.2 Å². The van der Waals surface area contributed by atoms with E-state index in [1.54, 1.807) is 37.3 Å². The second-order valence-corrected chi connectivity index (χ2v) is 6.40. The zero-order valence-corrected chi connectivity index (χ0v) is 17.6. The van der Waals surface area contributed by atoms with Crippen LogP contribution in [0.3, 0.4) is 0 Å². The molecule has 0 aliphatic heterocycles. The summed E-state index contributed by atoms with van der Waals surface area (Å²) in [4.78, 5) is 26.1. The summed E-state index contributed by atoms with van der Waals surface area (Å²) in [5.41, 5.74) is 1.28. The summed E-state index contributed by atoms with van der Waals surface area (Å²) in [7, 11) is 4.45. The van der Waals surface area contributed by atoms with Crippen LogP contribution in [0, 0.1) is 5.82 Å². The number of hydrogen-bond donors (Lipinski definition) is 0. The number of hydrogen-bond acceptors (Lipinski definition) is 6. The van der Waals surface area contributed by atoms with Gasteiger partial charge in [0.05, 0.1) is 27.8 Å². The van der Waals surface area contributed by atoms with E-state index >= 15 is 0 Å². The van der Waals surface area contributed by atoms with Crippen molar-refractivity contribution in [3.63, 3.8) is 0 Å². The summed E-state index contributed by atoms with van der Waals surface area (Å²) >= 11 is 0. The van der Waals surface area contributed by atoms with E-state index in [4.69, 9.17) is 18.9 Å². The predicted octanol–water partition coefficient (Wildman–Crippen LogP) is 2.99. The van der Waals surface area contributed by atoms with Gasteiger partial charge < -0.3 is 23.8 Å². The van der Waals surface area contributed by atoms with Gasteiger partial charge in [0.15, 0.2) is 29.7 Å². The lowest BCUT2D eigenvalue weighted by molar-refractivity contribution is -0.151. The molecule has 0 N–H and O–H groups in total. The van der Waals surface area contributed by atoms with E-state index in [0.717, 1.165) is 5.56 Å². The van der Waals surface area contributed by atoms with Crippen molar-refractivity contribution in [2.75, 3.05) is 34.5 Å². The second kappa shape index (κ2) is 11.0. The van der Waals surface area contributed by atoms with Crippen LogP contribution in [0.25, 0.3) is 0 Å². The Morgan fingerprint density at radius 1 is 0.900 bits per heavy atom. The molecule has 2 aromatic rings. The summed E-state index contributed by atoms with van der Waals surface area (Å²) in [6.07, 6.45) is -0.143. The molecule has 0 fully saturated rings. The van der Waals surface area contributed by atoms with Gasteiger partial charge in [0, 0.05) is 13.1 Å². The average Bonchev–Trinajstić information content (AvgIpc) is 2.75. The predicted molar refractivity (Wildman–Crippen MR) is 108 cm³/mol. The molecule has 2 rings (SSSR count). The first-order valence-corrected chi connectivity index (χ1v) is 9.38. The molecule has 0 atom stereocenters. The largest absolute Gasteiger partial charge is 0.494 e. The lowest BCUT2D eigenvalue weighted by Gasteiger charge is -2.21. The van der Waals surface area contributed by atoms with E-state index in [9.17, 15) is 14.0 Å². The van der Waals surface area contributed by atoms with Crippen molar-refractivity contribution >= 4 is 11.9 Å². The van der Waals surface area contributed by atoms with Crippen LogP contribution < -0.4 is 14.2 Å². The van der Waals surface area contributed by atoms with Gasteiger partial charge in [0.25, 0.3) is 5.91 Å². The van der Waals surface area contributed by atoms with Crippen LogP contribution in [-0.4, -0.2) is 51.3 Å². The van der Waals surface area contributed by atoms with Gasteiger partial charge in [-0.2, -0.15) is 0 Å². The number of esters is 1. The van der Waals surface area contributed by atoms with Crippen LogP contribution in [-0.2, 0) is 27.3 Å². The van der Waals surface area contributed by atoms with Crippen molar-refractivity contribution < 1.29 is 32.9 Å². The monoisotopic (exact) mass is 419 g/mol. The Labute approximate surface area is 175 Å². The minimum atomic E-state index is -0.616. The third-order valence-corrected chi connectivity index (χ3v) is 4.48. The number of carbonyl (C=O) groups excluding carboxylic acids is 2. The molecule has 7 nitrogen and oxygen atoms in total. The summed E-state index contributed by atoms with van der Waals surface area (Å²) in [5, 5.41) is 0. The Morgan fingerprint density at radius 2 is 1.53 bits per heavy atom. The Bertz CT molecular complexity index is 886. The van der Waals surface area contributed by atoms with Crippen molar-refractivity contribution in [1.82, 2.24) is 4.90 Å². The molecule has 2 aromatic carbocycles. The Kier molecular flexibility index (Phi) is 8.46. The Morgan fingerprint density at radius 3 is 2.13 bits per heavy atom. The number of nitrogens with zero attached hydrogens (tertiary/aromatic N) is 1. The molecule has 8 heteroatoms. The van der Waals surface area contributed by atoms with E-state index in [1.165, 1.54) is 19.2 Å². The van der Waals surface area contributed by atoms with Crippen LogP contribution >= 0.6 is 0 Å². The van der Waals surface area contributed by atoms with Gasteiger partial charge in [-0.3, -0.25) is 9.59 Å². The van der Waals surface area contributed by atoms with Crippen molar-refractivity contribution in [1.29, 1.82) is 0 Å². The molecule has 0 aliphatic rings. The number of amides is 1. The molecule has 0 unspecified atom stereocenters. The van der Waals surface area contributed by atoms with Crippen LogP contribution in [0.4, 0.5) is 4.39 Å². The number of likely N-dealkylation sites (N-methyl/N-ethyl adjacent to an activating group) is 1. The van der Waals surface area contributed by atoms with Crippen molar-refractivity contribution in [3.05, 3.63) is 53.3 Å². The topological polar surface area (TPSA) is 74.3 Å². The minimum absolute atomic E-state index is 0.0936. The Hall–Kier alpha value is -3.29. The molecule has 0 radical (unpaired) electrons. The Balaban J connectivity index is 1.92. The highest BCUT2D eigenvalue weighted by atomic mass is 19.1. The highest BCUT2D eigenvalue weighted by molar-refractivity contribution is 5.81. The van der Waals surface area contributed by atoms with Gasteiger partial charge in [-0.15, -0.1) is 0 Å². The SMILES string of the molecule is CCN(Cc1ccc(OC)c(OC)c1)C(=O)COC(=O)Cc1ccc(OC)c(F)c1. The maximum Gasteiger partial charge on any atom is 0.310 e. The molecule has 0 saturated heterocycles. The number of methoxy groups -OCH3 is 3. The van der Waals surface area contributed by atoms with E-state index in [-0.39, 0.29) is 18.1 Å². The zero-order chi connectivity index (χ0) is 22.1. The van der Waals surface area contributed by atoms with Crippen molar-refractivity contribution in [3.8, 4) is 17.2 Å². The fourth-order valence-electron chi connectivity index (χ4n) is 2.85. The number of benzene rings is 2. The summed E-state index contributed by atoms with van der Waals surface area (Å²) in [5.74, 6) is -0.255. The fraction of sp³-hybridized carbons (Fsp3) is 0.364. The first-order valence-electron chi connectivity index (χ1n) is 9.38. The van der Waals surface area contributed by atoms with Gasteiger partial charge >= 0.3 is 5.97 Å². The molecule has 0 bridgehead atoms. The van der Waals surface area contributed by atoms with Gasteiger partial charge in [0.2, 0.25) is 0 Å². The molecule has 0 spiro atoms. The molecule has 1 amide bonds. The summed E-state index contributed by atoms with van der Waals surface area (Å²) < 4.78 is 34.1. The number of carbonyl (C=O) groups is 2. The lowest BCUT2D eigenvalue weighted by Crippen LogP contribution is -2.34. The summed E-state index contributed by atoms with van der Waals surface area (Å²) in [6.45, 7) is 2.21. The smallest absolute Gasteiger partial charge is 0.310 e. The molecule has 0 saturated carbocycles. The highest BCUT2D eigenvalue weighted by Crippen LogP contribution is 2.28. The maximum atomic E-state index is 13.7. The average molecular weight is 419 g/mol. The van der Waals surface area contributed by atoms with Crippen LogP contribution in [0.1, 0.15) is 18.1 Å². The molecule has 162 valence electrons. The fourth-order valence-corrected chi connectivity index (χ4v) is 2.85. The highest BCUT2D eigenvalue weighted by Gasteiger charge is 2.16. The van der Waals surface area contributed by atoms with Crippen LogP contribution in [0.2, 0.25) is 0 Å². The van der Waals surface area contributed by atoms with Crippen molar-refractivity contribution in [2.24, 2.45) is 0 Å². The molecular formula is C22H26FNO6. The third-order valence-electron chi connectivity index (χ3n) is 4.48. The molecule has 0 aromatic heterocycles. The number of rotatable bonds is 10. The lowest BCUT2D eigenvalue weighted by atomic mass is 10.1. The van der Waals surface area contributed by atoms with E-state index in [2.05, 4.69) is 0 Å². The summed E-state index contributed by atoms with van der Waals surface area (Å²) in [6, 6.07) is 9.60. The maximum absolute atomic E-state index is 13.7. The van der Waals surface area contributed by atoms with Gasteiger partial charge in [-0.25, -0.2) is 4.39 Å². The number of ether oxygens (including phenoxy) is 4. The molecule has 30 heavy (non-hydrogen) atoms. The van der Waals surface area contributed by atoms with E-state index < -0.39 is 18.4 Å². The first-order chi connectivity index (χ1) is 14.4. The second-order valence-electron chi connectivity index (χ2n) is 6.40. The first kappa shape index (κ1) is 23.0. The van der Waals surface area contributed by atoms with Crippen LogP contribution in [0.5, 0.6) is 17.2 Å². The van der Waals surface area contributed by atoms with Gasteiger partial charge in [0.1, 0.15) is 0 Å². The quantitative estimate of drug-likeness (QED) is 0.551. The zero-order valence-electron chi connectivity index (χ0n) is 17.6. The van der Waals surface area contributed by atoms with Gasteiger partial charge in [-0.05, 0) is 42.3 Å². The normalized spacial score (nSPS) is 10.3. The van der Waals surface area contributed by atoms with Crippen LogP contribution in [0.15, 0.2) is 36.4 Å². The van der Waals surface area contributed by atoms with E-state index in [1.807, 2.05) is 13.0 Å². The molecular weight excluding hydrogens is 393 g/mol. The standard InChI is InChI=1S/C22H26FNO6/c1-5-24(13-16-7-9-19(28-3)20(11-16)29-4)21(25)14-30-22(26)12-15-6-8-18(27-2)17(23)10-15/h6-11H,5,12-14H2,1-4H3. The minimum Gasteiger partial charge on any atom is -0.494 e. The third kappa shape index (κ3) is 6.10. The van der Waals surface area contributed by atoms with Gasteiger partial charge in [-0.1, -0.05) is 12.1 Å². The van der Waals surface area contributed by atoms with Crippen molar-refractivity contribution in [2.45, 2.75) is 19.9 Å². The number of halogens is 1. The molecule has 0 heterocycles.